The molecule has 0 fully saturated rings. The van der Waals surface area contributed by atoms with Gasteiger partial charge in [-0.05, 0) is 31.6 Å². The van der Waals surface area contributed by atoms with Gasteiger partial charge in [-0.25, -0.2) is 9.13 Å². The van der Waals surface area contributed by atoms with Crippen molar-refractivity contribution in [3.05, 3.63) is 0 Å². The van der Waals surface area contributed by atoms with Gasteiger partial charge in [0.1, 0.15) is 19.3 Å². The number of aliphatic hydroxyl groups is 1. The van der Waals surface area contributed by atoms with Gasteiger partial charge in [-0.2, -0.15) is 0 Å². The molecule has 0 heterocycles. The molecular formula is C67H130O17P2. The molecule has 3 unspecified atom stereocenters. The molecule has 0 aromatic heterocycles. The molecule has 0 aromatic rings. The van der Waals surface area contributed by atoms with Crippen LogP contribution in [-0.4, -0.2) is 96.7 Å². The van der Waals surface area contributed by atoms with Gasteiger partial charge < -0.3 is 33.8 Å². The van der Waals surface area contributed by atoms with E-state index >= 15 is 0 Å². The topological polar surface area (TPSA) is 237 Å². The number of unbranched alkanes of at least 4 members (excludes halogenated alkanes) is 38. The summed E-state index contributed by atoms with van der Waals surface area (Å²) in [6.45, 7) is 7.21. The summed E-state index contributed by atoms with van der Waals surface area (Å²) in [6.07, 6.45) is 45.7. The van der Waals surface area contributed by atoms with Gasteiger partial charge in [-0.1, -0.05) is 291 Å². The van der Waals surface area contributed by atoms with Gasteiger partial charge in [-0.15, -0.1) is 0 Å². The second kappa shape index (κ2) is 60.6. The Morgan fingerprint density at radius 1 is 0.326 bits per heavy atom. The predicted octanol–water partition coefficient (Wildman–Crippen LogP) is 19.0. The van der Waals surface area contributed by atoms with Crippen LogP contribution in [0, 0.1) is 5.92 Å². The van der Waals surface area contributed by atoms with Gasteiger partial charge in [0, 0.05) is 25.7 Å². The highest BCUT2D eigenvalue weighted by Crippen LogP contribution is 2.45. The lowest BCUT2D eigenvalue weighted by Gasteiger charge is -2.21. The molecule has 86 heavy (non-hydrogen) atoms. The highest BCUT2D eigenvalue weighted by molar-refractivity contribution is 7.47. The predicted molar refractivity (Wildman–Crippen MR) is 345 cm³/mol. The molecule has 0 aliphatic rings. The number of hydrogen-bond acceptors (Lipinski definition) is 15. The van der Waals surface area contributed by atoms with E-state index in [1.54, 1.807) is 0 Å². The SMILES string of the molecule is CCCCCCCCCCCCCCCC(=O)OC[C@H](COP(=O)(O)OC[C@@H](O)COP(=O)(O)OC[C@@H](COC(=O)CCCCCCCCC)OC(=O)CCCCCCCCCCCCCC)OC(=O)CCCCCCCCCCCCC(C)CC. The average Bonchev–Trinajstić information content (AvgIpc) is 3.63. The molecule has 0 aliphatic carbocycles. The van der Waals surface area contributed by atoms with Crippen LogP contribution in [0.3, 0.4) is 0 Å². The molecule has 17 nitrogen and oxygen atoms in total. The van der Waals surface area contributed by atoms with Crippen LogP contribution in [0.2, 0.25) is 0 Å². The van der Waals surface area contributed by atoms with E-state index in [9.17, 15) is 43.2 Å². The smallest absolute Gasteiger partial charge is 0.462 e. The average molecular weight is 1270 g/mol. The number of hydrogen-bond donors (Lipinski definition) is 3. The Hall–Kier alpha value is -1.94. The van der Waals surface area contributed by atoms with Crippen molar-refractivity contribution in [3.8, 4) is 0 Å². The third-order valence-electron chi connectivity index (χ3n) is 15.9. The highest BCUT2D eigenvalue weighted by Gasteiger charge is 2.30. The van der Waals surface area contributed by atoms with Crippen LogP contribution < -0.4 is 0 Å². The molecular weight excluding hydrogens is 1140 g/mol. The van der Waals surface area contributed by atoms with E-state index in [4.69, 9.17) is 37.0 Å². The van der Waals surface area contributed by atoms with Crippen molar-refractivity contribution in [2.45, 2.75) is 361 Å². The Labute approximate surface area is 524 Å². The Bertz CT molecular complexity index is 1670. The first-order chi connectivity index (χ1) is 41.6. The summed E-state index contributed by atoms with van der Waals surface area (Å²) in [4.78, 5) is 72.3. The first-order valence-corrected chi connectivity index (χ1v) is 38.2. The normalized spacial score (nSPS) is 14.5. The van der Waals surface area contributed by atoms with Gasteiger partial charge in [0.05, 0.1) is 26.4 Å². The first-order valence-electron chi connectivity index (χ1n) is 35.2. The minimum Gasteiger partial charge on any atom is -0.462 e. The third-order valence-corrected chi connectivity index (χ3v) is 17.8. The molecule has 19 heteroatoms. The highest BCUT2D eigenvalue weighted by atomic mass is 31.2. The van der Waals surface area contributed by atoms with Gasteiger partial charge in [0.25, 0.3) is 0 Å². The number of aliphatic hydroxyl groups excluding tert-OH is 1. The fourth-order valence-electron chi connectivity index (χ4n) is 10.1. The minimum absolute atomic E-state index is 0.107. The van der Waals surface area contributed by atoms with Crippen molar-refractivity contribution in [2.75, 3.05) is 39.6 Å². The van der Waals surface area contributed by atoms with E-state index in [1.807, 2.05) is 0 Å². The Morgan fingerprint density at radius 2 is 0.558 bits per heavy atom. The number of carbonyl (C=O) groups excluding carboxylic acids is 4. The Morgan fingerprint density at radius 3 is 0.826 bits per heavy atom. The quantitative estimate of drug-likeness (QED) is 0.0222. The first kappa shape index (κ1) is 84.1. The fraction of sp³-hybridized carbons (Fsp3) is 0.940. The maximum atomic E-state index is 13.0. The van der Waals surface area contributed by atoms with E-state index in [0.717, 1.165) is 109 Å². The molecule has 6 atom stereocenters. The lowest BCUT2D eigenvalue weighted by atomic mass is 9.99. The van der Waals surface area contributed by atoms with Crippen LogP contribution in [-0.2, 0) is 65.4 Å². The van der Waals surface area contributed by atoms with Gasteiger partial charge in [-0.3, -0.25) is 37.3 Å². The van der Waals surface area contributed by atoms with Crippen LogP contribution in [0.5, 0.6) is 0 Å². The summed E-state index contributed by atoms with van der Waals surface area (Å²) < 4.78 is 68.1. The zero-order valence-corrected chi connectivity index (χ0v) is 57.2. The summed E-state index contributed by atoms with van der Waals surface area (Å²) >= 11 is 0. The van der Waals surface area contributed by atoms with Crippen LogP contribution in [0.25, 0.3) is 0 Å². The van der Waals surface area contributed by atoms with Crippen LogP contribution in [0.15, 0.2) is 0 Å². The standard InChI is InChI=1S/C67H130O17P2/c1-6-10-13-16-19-21-23-25-27-31-36-41-46-51-65(70)78-57-63(84-67(72)53-48-43-38-33-29-28-30-35-39-44-49-60(5)9-4)59-82-86(75,76)80-55-61(68)54-79-85(73,74)81-58-62(56-77-64(69)50-45-40-34-18-15-12-8-3)83-66(71)52-47-42-37-32-26-24-22-20-17-14-11-7-2/h60-63,68H,6-59H2,1-5H3,(H,73,74)(H,75,76)/t60?,61-,62+,63+/m0/s1. The number of ether oxygens (including phenoxy) is 4. The van der Waals surface area contributed by atoms with Crippen molar-refractivity contribution >= 4 is 39.5 Å². The number of phosphoric ester groups is 2. The second-order valence-electron chi connectivity index (χ2n) is 24.5. The molecule has 0 saturated carbocycles. The maximum Gasteiger partial charge on any atom is 0.472 e. The van der Waals surface area contributed by atoms with Gasteiger partial charge in [0.15, 0.2) is 12.2 Å². The van der Waals surface area contributed by atoms with E-state index < -0.39 is 97.5 Å². The molecule has 0 saturated heterocycles. The minimum atomic E-state index is -4.95. The lowest BCUT2D eigenvalue weighted by Crippen LogP contribution is -2.30. The van der Waals surface area contributed by atoms with Crippen molar-refractivity contribution in [3.63, 3.8) is 0 Å². The summed E-state index contributed by atoms with van der Waals surface area (Å²) in [5.74, 6) is -1.33. The van der Waals surface area contributed by atoms with Gasteiger partial charge >= 0.3 is 39.5 Å². The number of rotatable bonds is 67. The van der Waals surface area contributed by atoms with Crippen LogP contribution in [0.1, 0.15) is 343 Å². The Balaban J connectivity index is 5.22. The molecule has 3 N–H and O–H groups in total. The zero-order chi connectivity index (χ0) is 63.5. The summed E-state index contributed by atoms with van der Waals surface area (Å²) in [5, 5.41) is 10.6. The molecule has 0 rings (SSSR count). The molecule has 510 valence electrons. The fourth-order valence-corrected chi connectivity index (χ4v) is 11.7. The largest absolute Gasteiger partial charge is 0.472 e. The molecule has 0 amide bonds. The molecule has 0 radical (unpaired) electrons. The number of phosphoric acid groups is 2. The maximum absolute atomic E-state index is 13.0. The second-order valence-corrected chi connectivity index (χ2v) is 27.4. The van der Waals surface area contributed by atoms with Crippen molar-refractivity contribution in [1.29, 1.82) is 0 Å². The summed E-state index contributed by atoms with van der Waals surface area (Å²) in [7, 11) is -9.89. The molecule has 0 bridgehead atoms. The molecule has 0 aliphatic heterocycles. The van der Waals surface area contributed by atoms with Crippen LogP contribution in [0.4, 0.5) is 0 Å². The van der Waals surface area contributed by atoms with Crippen molar-refractivity contribution in [2.24, 2.45) is 5.92 Å². The van der Waals surface area contributed by atoms with Crippen molar-refractivity contribution in [1.82, 2.24) is 0 Å². The van der Waals surface area contributed by atoms with E-state index in [2.05, 4.69) is 34.6 Å². The number of esters is 4. The zero-order valence-electron chi connectivity index (χ0n) is 55.4. The Kier molecular flexibility index (Phi) is 59.2. The summed E-state index contributed by atoms with van der Waals surface area (Å²) in [5.41, 5.74) is 0. The van der Waals surface area contributed by atoms with E-state index in [-0.39, 0.29) is 25.7 Å². The van der Waals surface area contributed by atoms with E-state index in [1.165, 1.54) is 154 Å². The van der Waals surface area contributed by atoms with Crippen LogP contribution >= 0.6 is 15.6 Å². The van der Waals surface area contributed by atoms with Gasteiger partial charge in [0.2, 0.25) is 0 Å². The third kappa shape index (κ3) is 59.7. The van der Waals surface area contributed by atoms with Crippen molar-refractivity contribution < 1.29 is 80.2 Å². The van der Waals surface area contributed by atoms with E-state index in [0.29, 0.717) is 25.7 Å². The lowest BCUT2D eigenvalue weighted by molar-refractivity contribution is -0.161. The summed E-state index contributed by atoms with van der Waals surface area (Å²) in [6, 6.07) is 0. The monoisotopic (exact) mass is 1270 g/mol. The number of carbonyl (C=O) groups is 4. The molecule has 0 aromatic carbocycles. The molecule has 0 spiro atoms.